The summed E-state index contributed by atoms with van der Waals surface area (Å²) in [4.78, 5) is 19.6. The van der Waals surface area contributed by atoms with Crippen LogP contribution < -0.4 is 0 Å². The molecule has 0 saturated heterocycles. The molecule has 1 aliphatic rings. The third kappa shape index (κ3) is 3.25. The number of rotatable bonds is 3. The van der Waals surface area contributed by atoms with E-state index in [1.54, 1.807) is 12.4 Å². The van der Waals surface area contributed by atoms with E-state index in [0.29, 0.717) is 5.82 Å². The fourth-order valence-electron chi connectivity index (χ4n) is 3.10. The topological polar surface area (TPSA) is 54.8 Å². The highest BCUT2D eigenvalue weighted by molar-refractivity contribution is 5.52. The number of terminal acetylenes is 1. The minimum Gasteiger partial charge on any atom is -0.294 e. The maximum atomic E-state index is 5.61. The summed E-state index contributed by atoms with van der Waals surface area (Å²) in [5, 5.41) is 0. The number of fused-ring (bicyclic) bond motifs is 1. The van der Waals surface area contributed by atoms with Crippen molar-refractivity contribution in [2.75, 3.05) is 6.54 Å². The normalized spacial score (nSPS) is 13.9. The molecule has 3 heterocycles. The van der Waals surface area contributed by atoms with E-state index in [1.807, 2.05) is 24.4 Å². The van der Waals surface area contributed by atoms with Crippen LogP contribution in [0.3, 0.4) is 0 Å². The van der Waals surface area contributed by atoms with Gasteiger partial charge in [-0.2, -0.15) is 0 Å². The Hall–Kier alpha value is -3.10. The van der Waals surface area contributed by atoms with E-state index in [0.717, 1.165) is 42.9 Å². The van der Waals surface area contributed by atoms with Crippen molar-refractivity contribution in [2.24, 2.45) is 0 Å². The first kappa shape index (κ1) is 15.4. The molecule has 0 spiro atoms. The minimum absolute atomic E-state index is 0.686. The van der Waals surface area contributed by atoms with Crippen molar-refractivity contribution < 1.29 is 0 Å². The lowest BCUT2D eigenvalue weighted by Gasteiger charge is -2.28. The average molecular weight is 327 g/mol. The van der Waals surface area contributed by atoms with Gasteiger partial charge in [0, 0.05) is 55.8 Å². The molecule has 0 saturated carbocycles. The molecular formula is C20H17N5. The first-order valence-electron chi connectivity index (χ1n) is 8.20. The van der Waals surface area contributed by atoms with Crippen LogP contribution in [0.25, 0.3) is 11.4 Å². The minimum atomic E-state index is 0.686. The van der Waals surface area contributed by atoms with Gasteiger partial charge < -0.3 is 0 Å². The van der Waals surface area contributed by atoms with Crippen molar-refractivity contribution >= 4 is 0 Å². The second kappa shape index (κ2) is 6.80. The van der Waals surface area contributed by atoms with Gasteiger partial charge in [-0.15, -0.1) is 6.42 Å². The zero-order valence-corrected chi connectivity index (χ0v) is 13.8. The Labute approximate surface area is 146 Å². The molecule has 3 aromatic rings. The molecule has 0 fully saturated rings. The third-order valence-electron chi connectivity index (χ3n) is 4.40. The zero-order valence-electron chi connectivity index (χ0n) is 13.8. The molecule has 0 aliphatic carbocycles. The first-order valence-corrected chi connectivity index (χ1v) is 8.20. The Morgan fingerprint density at radius 3 is 2.80 bits per heavy atom. The molecule has 1 aromatic carbocycles. The van der Waals surface area contributed by atoms with Crippen LogP contribution in [0.2, 0.25) is 0 Å². The summed E-state index contributed by atoms with van der Waals surface area (Å²) in [7, 11) is 0. The number of hydrogen-bond acceptors (Lipinski definition) is 5. The standard InChI is InChI=1S/C20H17N5/c1-2-15-5-3-4-6-16(15)12-25-8-7-19-18(13-25)11-23-20(24-19)17-9-21-14-22-10-17/h1,3-6,9-11,14H,7-8,12-13H2. The monoisotopic (exact) mass is 327 g/mol. The van der Waals surface area contributed by atoms with Crippen LogP contribution in [-0.2, 0) is 19.5 Å². The van der Waals surface area contributed by atoms with Gasteiger partial charge in [-0.1, -0.05) is 24.1 Å². The highest BCUT2D eigenvalue weighted by Gasteiger charge is 2.19. The molecule has 5 nitrogen and oxygen atoms in total. The Kier molecular flexibility index (Phi) is 4.19. The molecule has 25 heavy (non-hydrogen) atoms. The Morgan fingerprint density at radius 1 is 1.12 bits per heavy atom. The van der Waals surface area contributed by atoms with E-state index in [4.69, 9.17) is 11.4 Å². The molecular weight excluding hydrogens is 310 g/mol. The summed E-state index contributed by atoms with van der Waals surface area (Å²) in [6, 6.07) is 8.10. The molecule has 122 valence electrons. The predicted octanol–water partition coefficient (Wildman–Crippen LogP) is 2.47. The summed E-state index contributed by atoms with van der Waals surface area (Å²) >= 11 is 0. The average Bonchev–Trinajstić information content (AvgIpc) is 2.68. The fraction of sp³-hybridized carbons (Fsp3) is 0.200. The molecule has 0 amide bonds. The molecule has 2 aromatic heterocycles. The molecule has 0 N–H and O–H groups in total. The summed E-state index contributed by atoms with van der Waals surface area (Å²) in [5.41, 5.74) is 5.27. The Morgan fingerprint density at radius 2 is 1.96 bits per heavy atom. The van der Waals surface area contributed by atoms with Crippen molar-refractivity contribution in [3.8, 4) is 23.7 Å². The lowest BCUT2D eigenvalue weighted by molar-refractivity contribution is 0.243. The highest BCUT2D eigenvalue weighted by atomic mass is 15.1. The van der Waals surface area contributed by atoms with Crippen LogP contribution in [0, 0.1) is 12.3 Å². The van der Waals surface area contributed by atoms with Gasteiger partial charge in [-0.3, -0.25) is 4.90 Å². The Balaban J connectivity index is 1.53. The van der Waals surface area contributed by atoms with Crippen molar-refractivity contribution in [1.29, 1.82) is 0 Å². The molecule has 1 aliphatic heterocycles. The zero-order chi connectivity index (χ0) is 17.1. The number of hydrogen-bond donors (Lipinski definition) is 0. The molecule has 5 heteroatoms. The number of nitrogens with zero attached hydrogens (tertiary/aromatic N) is 5. The smallest absolute Gasteiger partial charge is 0.162 e. The van der Waals surface area contributed by atoms with Crippen LogP contribution >= 0.6 is 0 Å². The van der Waals surface area contributed by atoms with Crippen LogP contribution in [0.5, 0.6) is 0 Å². The van der Waals surface area contributed by atoms with E-state index >= 15 is 0 Å². The number of benzene rings is 1. The van der Waals surface area contributed by atoms with Crippen LogP contribution in [0.1, 0.15) is 22.4 Å². The van der Waals surface area contributed by atoms with Crippen LogP contribution in [0.4, 0.5) is 0 Å². The van der Waals surface area contributed by atoms with E-state index < -0.39 is 0 Å². The van der Waals surface area contributed by atoms with E-state index in [9.17, 15) is 0 Å². The summed E-state index contributed by atoms with van der Waals surface area (Å²) in [5.74, 6) is 3.45. The van der Waals surface area contributed by atoms with Gasteiger partial charge in [0.1, 0.15) is 6.33 Å². The summed E-state index contributed by atoms with van der Waals surface area (Å²) in [6.45, 7) is 2.63. The molecule has 0 bridgehead atoms. The highest BCUT2D eigenvalue weighted by Crippen LogP contribution is 2.22. The van der Waals surface area contributed by atoms with Gasteiger partial charge in [0.05, 0.1) is 11.3 Å². The maximum Gasteiger partial charge on any atom is 0.162 e. The SMILES string of the molecule is C#Cc1ccccc1CN1CCc2nc(-c3cncnc3)ncc2C1. The van der Waals surface area contributed by atoms with Crippen molar-refractivity contribution in [3.05, 3.63) is 71.6 Å². The predicted molar refractivity (Wildman–Crippen MR) is 95.3 cm³/mol. The van der Waals surface area contributed by atoms with Crippen molar-refractivity contribution in [3.63, 3.8) is 0 Å². The maximum absolute atomic E-state index is 5.61. The second-order valence-electron chi connectivity index (χ2n) is 6.05. The third-order valence-corrected chi connectivity index (χ3v) is 4.40. The lowest BCUT2D eigenvalue weighted by Crippen LogP contribution is -2.31. The van der Waals surface area contributed by atoms with Crippen LogP contribution in [0.15, 0.2) is 49.2 Å². The van der Waals surface area contributed by atoms with Gasteiger partial charge in [0.25, 0.3) is 0 Å². The first-order chi connectivity index (χ1) is 12.3. The Bertz CT molecular complexity index is 930. The molecule has 0 radical (unpaired) electrons. The molecule has 4 rings (SSSR count). The van der Waals surface area contributed by atoms with Gasteiger partial charge in [0.2, 0.25) is 0 Å². The molecule has 0 atom stereocenters. The van der Waals surface area contributed by atoms with Crippen molar-refractivity contribution in [1.82, 2.24) is 24.8 Å². The fourth-order valence-corrected chi connectivity index (χ4v) is 3.10. The quantitative estimate of drug-likeness (QED) is 0.692. The van der Waals surface area contributed by atoms with E-state index in [1.165, 1.54) is 17.5 Å². The van der Waals surface area contributed by atoms with Crippen LogP contribution in [-0.4, -0.2) is 31.4 Å². The lowest BCUT2D eigenvalue weighted by atomic mass is 10.0. The van der Waals surface area contributed by atoms with Gasteiger partial charge >= 0.3 is 0 Å². The van der Waals surface area contributed by atoms with E-state index in [2.05, 4.69) is 31.8 Å². The summed E-state index contributed by atoms with van der Waals surface area (Å²) < 4.78 is 0. The number of aromatic nitrogens is 4. The molecule has 0 unspecified atom stereocenters. The van der Waals surface area contributed by atoms with E-state index in [-0.39, 0.29) is 0 Å². The van der Waals surface area contributed by atoms with Gasteiger partial charge in [-0.25, -0.2) is 19.9 Å². The van der Waals surface area contributed by atoms with Crippen molar-refractivity contribution in [2.45, 2.75) is 19.5 Å². The van der Waals surface area contributed by atoms with Gasteiger partial charge in [0.15, 0.2) is 5.82 Å². The second-order valence-corrected chi connectivity index (χ2v) is 6.05. The largest absolute Gasteiger partial charge is 0.294 e. The van der Waals surface area contributed by atoms with Gasteiger partial charge in [-0.05, 0) is 11.6 Å². The summed E-state index contributed by atoms with van der Waals surface area (Å²) in [6.07, 6.45) is 13.4.